The molecule has 3 aromatic heterocycles. The molecule has 0 atom stereocenters. The summed E-state index contributed by atoms with van der Waals surface area (Å²) in [5, 5.41) is 21.6. The lowest BCUT2D eigenvalue weighted by Crippen LogP contribution is -2.14. The minimum absolute atomic E-state index is 0.147. The molecule has 0 bridgehead atoms. The zero-order valence-corrected chi connectivity index (χ0v) is 16.5. The number of amides is 1. The Labute approximate surface area is 164 Å². The fraction of sp³-hybridized carbons (Fsp3) is 0.222. The van der Waals surface area contributed by atoms with Crippen LogP contribution < -0.4 is 5.32 Å². The molecule has 3 rings (SSSR count). The average Bonchev–Trinajstić information content (AvgIpc) is 3.35. The molecule has 3 heterocycles. The predicted molar refractivity (Wildman–Crippen MR) is 106 cm³/mol. The molecular formula is C18H17N5O2S2. The van der Waals surface area contributed by atoms with E-state index in [1.54, 1.807) is 24.5 Å². The highest BCUT2D eigenvalue weighted by Crippen LogP contribution is 2.32. The van der Waals surface area contributed by atoms with Gasteiger partial charge < -0.3 is 9.73 Å². The van der Waals surface area contributed by atoms with E-state index in [9.17, 15) is 10.1 Å². The van der Waals surface area contributed by atoms with Crippen LogP contribution >= 0.6 is 23.1 Å². The van der Waals surface area contributed by atoms with Crippen molar-refractivity contribution in [3.8, 4) is 17.7 Å². The van der Waals surface area contributed by atoms with Gasteiger partial charge in [0.05, 0.1) is 17.6 Å². The van der Waals surface area contributed by atoms with Crippen LogP contribution in [-0.2, 0) is 11.3 Å². The number of nitrogens with one attached hydrogen (secondary N) is 1. The molecule has 9 heteroatoms. The minimum atomic E-state index is -0.203. The van der Waals surface area contributed by atoms with Crippen molar-refractivity contribution in [2.75, 3.05) is 11.1 Å². The third-order valence-electron chi connectivity index (χ3n) is 3.85. The van der Waals surface area contributed by atoms with E-state index in [1.165, 1.54) is 23.1 Å². The first kappa shape index (κ1) is 18.9. The number of allylic oxidation sites excluding steroid dienone is 1. The van der Waals surface area contributed by atoms with Crippen LogP contribution in [0, 0.1) is 25.2 Å². The summed E-state index contributed by atoms with van der Waals surface area (Å²) in [5.74, 6) is 1.13. The first-order valence-corrected chi connectivity index (χ1v) is 9.86. The van der Waals surface area contributed by atoms with Crippen molar-refractivity contribution in [1.29, 1.82) is 5.26 Å². The molecule has 0 fully saturated rings. The van der Waals surface area contributed by atoms with Crippen LogP contribution in [0.3, 0.4) is 0 Å². The Bertz CT molecular complexity index is 1010. The molecule has 138 valence electrons. The monoisotopic (exact) mass is 399 g/mol. The van der Waals surface area contributed by atoms with Crippen LogP contribution in [-0.4, -0.2) is 26.4 Å². The number of carbonyl (C=O) groups is 1. The van der Waals surface area contributed by atoms with Gasteiger partial charge in [0.25, 0.3) is 0 Å². The standard InChI is InChI=1S/C18H17N5O2S2/c1-4-7-23-16(14-6-5-8-25-14)21-22-18(23)26-10-15(24)20-17-13(9-19)11(2)12(3)27-17/h4-6,8H,1,7,10H2,2-3H3,(H,20,24). The summed E-state index contributed by atoms with van der Waals surface area (Å²) in [6, 6.07) is 5.73. The summed E-state index contributed by atoms with van der Waals surface area (Å²) in [5.41, 5.74) is 1.42. The van der Waals surface area contributed by atoms with Gasteiger partial charge >= 0.3 is 0 Å². The number of thioether (sulfide) groups is 1. The van der Waals surface area contributed by atoms with Crippen LogP contribution in [0.25, 0.3) is 11.6 Å². The van der Waals surface area contributed by atoms with E-state index in [0.717, 1.165) is 10.4 Å². The maximum absolute atomic E-state index is 12.3. The Balaban J connectivity index is 1.72. The molecule has 3 aromatic rings. The summed E-state index contributed by atoms with van der Waals surface area (Å²) in [6.07, 6.45) is 3.30. The molecular weight excluding hydrogens is 382 g/mol. The Morgan fingerprint density at radius 2 is 2.33 bits per heavy atom. The molecule has 27 heavy (non-hydrogen) atoms. The highest BCUT2D eigenvalue weighted by molar-refractivity contribution is 7.99. The van der Waals surface area contributed by atoms with E-state index < -0.39 is 0 Å². The number of aromatic nitrogens is 3. The van der Waals surface area contributed by atoms with Gasteiger partial charge in [-0.1, -0.05) is 17.8 Å². The zero-order valence-electron chi connectivity index (χ0n) is 14.9. The van der Waals surface area contributed by atoms with Crippen LogP contribution in [0.1, 0.15) is 16.0 Å². The zero-order chi connectivity index (χ0) is 19.4. The highest BCUT2D eigenvalue weighted by atomic mass is 32.2. The summed E-state index contributed by atoms with van der Waals surface area (Å²) < 4.78 is 7.23. The van der Waals surface area contributed by atoms with Crippen molar-refractivity contribution in [2.45, 2.75) is 25.5 Å². The lowest BCUT2D eigenvalue weighted by molar-refractivity contribution is -0.113. The lowest BCUT2D eigenvalue weighted by atomic mass is 10.2. The van der Waals surface area contributed by atoms with Crippen LogP contribution in [0.15, 0.2) is 40.6 Å². The molecule has 0 radical (unpaired) electrons. The maximum Gasteiger partial charge on any atom is 0.235 e. The number of thiophene rings is 1. The quantitative estimate of drug-likeness (QED) is 0.476. The van der Waals surface area contributed by atoms with Gasteiger partial charge in [-0.25, -0.2) is 0 Å². The van der Waals surface area contributed by atoms with Crippen molar-refractivity contribution in [3.63, 3.8) is 0 Å². The van der Waals surface area contributed by atoms with E-state index in [-0.39, 0.29) is 11.7 Å². The molecule has 0 aliphatic rings. The maximum atomic E-state index is 12.3. The lowest BCUT2D eigenvalue weighted by Gasteiger charge is -2.06. The number of rotatable bonds is 7. The molecule has 0 aromatic carbocycles. The smallest absolute Gasteiger partial charge is 0.235 e. The van der Waals surface area contributed by atoms with Gasteiger partial charge in [0.1, 0.15) is 11.1 Å². The fourth-order valence-electron chi connectivity index (χ4n) is 2.42. The highest BCUT2D eigenvalue weighted by Gasteiger charge is 2.18. The van der Waals surface area contributed by atoms with Crippen LogP contribution in [0.2, 0.25) is 0 Å². The van der Waals surface area contributed by atoms with E-state index in [2.05, 4.69) is 28.2 Å². The molecule has 1 N–H and O–H groups in total. The Morgan fingerprint density at radius 1 is 1.52 bits per heavy atom. The van der Waals surface area contributed by atoms with Gasteiger partial charge in [0.2, 0.25) is 11.7 Å². The Hall–Kier alpha value is -2.83. The summed E-state index contributed by atoms with van der Waals surface area (Å²) >= 11 is 2.67. The number of furan rings is 1. The van der Waals surface area contributed by atoms with Gasteiger partial charge in [0.15, 0.2) is 10.9 Å². The normalized spacial score (nSPS) is 10.6. The summed E-state index contributed by atoms with van der Waals surface area (Å²) in [7, 11) is 0. The fourth-order valence-corrected chi connectivity index (χ4v) is 4.19. The van der Waals surface area contributed by atoms with E-state index in [1.807, 2.05) is 18.4 Å². The number of carbonyl (C=O) groups excluding carboxylic acids is 1. The van der Waals surface area contributed by atoms with E-state index in [0.29, 0.717) is 33.9 Å². The van der Waals surface area contributed by atoms with Crippen molar-refractivity contribution < 1.29 is 9.21 Å². The number of nitriles is 1. The number of hydrogen-bond acceptors (Lipinski definition) is 7. The topological polar surface area (TPSA) is 96.7 Å². The van der Waals surface area contributed by atoms with Crippen molar-refractivity contribution in [1.82, 2.24) is 14.8 Å². The van der Waals surface area contributed by atoms with Crippen molar-refractivity contribution in [3.05, 3.63) is 47.1 Å². The van der Waals surface area contributed by atoms with Gasteiger partial charge in [-0.3, -0.25) is 9.36 Å². The van der Waals surface area contributed by atoms with Gasteiger partial charge in [-0.2, -0.15) is 5.26 Å². The number of anilines is 1. The second-order valence-corrected chi connectivity index (χ2v) is 7.79. The van der Waals surface area contributed by atoms with Gasteiger partial charge in [-0.05, 0) is 31.5 Å². The molecule has 0 saturated carbocycles. The molecule has 7 nitrogen and oxygen atoms in total. The third kappa shape index (κ3) is 3.97. The molecule has 1 amide bonds. The second-order valence-electron chi connectivity index (χ2n) is 5.62. The average molecular weight is 400 g/mol. The van der Waals surface area contributed by atoms with Gasteiger partial charge in [-0.15, -0.1) is 28.1 Å². The molecule has 0 spiro atoms. The van der Waals surface area contributed by atoms with Crippen LogP contribution in [0.5, 0.6) is 0 Å². The minimum Gasteiger partial charge on any atom is -0.461 e. The SMILES string of the molecule is C=CCn1c(SCC(=O)Nc2sc(C)c(C)c2C#N)nnc1-c1ccco1. The largest absolute Gasteiger partial charge is 0.461 e. The third-order valence-corrected chi connectivity index (χ3v) is 5.94. The second kappa shape index (κ2) is 8.24. The number of nitrogens with zero attached hydrogens (tertiary/aromatic N) is 4. The van der Waals surface area contributed by atoms with Crippen molar-refractivity contribution >= 4 is 34.0 Å². The van der Waals surface area contributed by atoms with E-state index >= 15 is 0 Å². The molecule has 0 saturated heterocycles. The number of hydrogen-bond donors (Lipinski definition) is 1. The summed E-state index contributed by atoms with van der Waals surface area (Å²) in [4.78, 5) is 13.4. The summed E-state index contributed by atoms with van der Waals surface area (Å²) in [6.45, 7) is 8.06. The molecule has 0 unspecified atom stereocenters. The number of aryl methyl sites for hydroxylation is 1. The first-order valence-electron chi connectivity index (χ1n) is 8.05. The predicted octanol–water partition coefficient (Wildman–Crippen LogP) is 4.00. The van der Waals surface area contributed by atoms with E-state index in [4.69, 9.17) is 4.42 Å². The van der Waals surface area contributed by atoms with Crippen molar-refractivity contribution in [2.24, 2.45) is 0 Å². The van der Waals surface area contributed by atoms with Crippen LogP contribution in [0.4, 0.5) is 5.00 Å². The Morgan fingerprint density at radius 3 is 3.00 bits per heavy atom. The van der Waals surface area contributed by atoms with Gasteiger partial charge in [0, 0.05) is 11.4 Å². The Kier molecular flexibility index (Phi) is 5.78. The first-order chi connectivity index (χ1) is 13.0. The molecule has 0 aliphatic heterocycles. The molecule has 0 aliphatic carbocycles.